The lowest BCUT2D eigenvalue weighted by Gasteiger charge is -2.39. The van der Waals surface area contributed by atoms with Crippen molar-refractivity contribution < 1.29 is 14.3 Å². The number of carbonyl (C=O) groups is 2. The second kappa shape index (κ2) is 8.67. The Balaban J connectivity index is 1.11. The van der Waals surface area contributed by atoms with E-state index >= 15 is 0 Å². The number of nitrogens with zero attached hydrogens (tertiary/aromatic N) is 3. The Morgan fingerprint density at radius 2 is 1.77 bits per heavy atom. The lowest BCUT2D eigenvalue weighted by Crippen LogP contribution is -2.50. The number of carbonyl (C=O) groups excluding carboxylic acids is 2. The molecular formula is C24H28N4O3. The summed E-state index contributed by atoms with van der Waals surface area (Å²) in [4.78, 5) is 33.0. The van der Waals surface area contributed by atoms with Gasteiger partial charge in [-0.15, -0.1) is 0 Å². The fraction of sp³-hybridized carbons (Fsp3) is 0.458. The van der Waals surface area contributed by atoms with Gasteiger partial charge in [-0.1, -0.05) is 18.2 Å². The Morgan fingerprint density at radius 1 is 0.968 bits per heavy atom. The molecule has 0 saturated carbocycles. The zero-order valence-electron chi connectivity index (χ0n) is 17.6. The Hall–Kier alpha value is -2.93. The van der Waals surface area contributed by atoms with Gasteiger partial charge in [-0.05, 0) is 48.6 Å². The standard InChI is InChI=1S/C24H28N4O3/c29-23(22-4-2-12-31-22)27-11-9-19(14-27)17-5-7-21(8-6-17)26-24(30)28-15-20(16-28)18-3-1-10-25-13-18/h1,3,5-8,10,13,19-20,22H,2,4,9,11-12,14-16H2,(H,26,30)/t19?,22-/m0/s1. The number of nitrogens with one attached hydrogen (secondary N) is 1. The molecule has 3 fully saturated rings. The van der Waals surface area contributed by atoms with E-state index in [-0.39, 0.29) is 18.0 Å². The summed E-state index contributed by atoms with van der Waals surface area (Å²) in [6, 6.07) is 12.0. The van der Waals surface area contributed by atoms with Gasteiger partial charge in [-0.25, -0.2) is 4.79 Å². The fourth-order valence-electron chi connectivity index (χ4n) is 4.72. The number of pyridine rings is 1. The first-order valence-corrected chi connectivity index (χ1v) is 11.1. The van der Waals surface area contributed by atoms with Gasteiger partial charge in [-0.2, -0.15) is 0 Å². The van der Waals surface area contributed by atoms with Crippen LogP contribution >= 0.6 is 0 Å². The van der Waals surface area contributed by atoms with Crippen molar-refractivity contribution in [3.8, 4) is 0 Å². The maximum absolute atomic E-state index is 12.6. The number of ether oxygens (including phenoxy) is 1. The Kier molecular flexibility index (Phi) is 5.59. The summed E-state index contributed by atoms with van der Waals surface area (Å²) in [6.45, 7) is 3.66. The first-order valence-electron chi connectivity index (χ1n) is 11.1. The Morgan fingerprint density at radius 3 is 2.48 bits per heavy atom. The average molecular weight is 421 g/mol. The number of amides is 3. The Labute approximate surface area is 182 Å². The zero-order valence-corrected chi connectivity index (χ0v) is 17.6. The third-order valence-electron chi connectivity index (χ3n) is 6.66. The summed E-state index contributed by atoms with van der Waals surface area (Å²) in [6.07, 6.45) is 6.18. The molecule has 5 rings (SSSR count). The van der Waals surface area contributed by atoms with Crippen molar-refractivity contribution in [3.63, 3.8) is 0 Å². The van der Waals surface area contributed by atoms with Crippen LogP contribution in [0.1, 0.15) is 42.2 Å². The number of hydrogen-bond acceptors (Lipinski definition) is 4. The van der Waals surface area contributed by atoms with Crippen molar-refractivity contribution in [2.24, 2.45) is 0 Å². The fourth-order valence-corrected chi connectivity index (χ4v) is 4.72. The van der Waals surface area contributed by atoms with E-state index in [0.29, 0.717) is 31.5 Å². The summed E-state index contributed by atoms with van der Waals surface area (Å²) in [5, 5.41) is 2.99. The van der Waals surface area contributed by atoms with E-state index < -0.39 is 0 Å². The Bertz CT molecular complexity index is 922. The predicted molar refractivity (Wildman–Crippen MR) is 117 cm³/mol. The number of rotatable bonds is 4. The van der Waals surface area contributed by atoms with E-state index in [1.165, 1.54) is 11.1 Å². The molecule has 3 amide bonds. The number of urea groups is 1. The molecule has 3 aliphatic heterocycles. The second-order valence-corrected chi connectivity index (χ2v) is 8.71. The molecule has 0 spiro atoms. The normalized spacial score (nSPS) is 23.6. The third-order valence-corrected chi connectivity index (χ3v) is 6.66. The van der Waals surface area contributed by atoms with Crippen LogP contribution in [0.15, 0.2) is 48.8 Å². The van der Waals surface area contributed by atoms with E-state index in [1.54, 1.807) is 6.20 Å². The molecule has 0 radical (unpaired) electrons. The van der Waals surface area contributed by atoms with Gasteiger partial charge >= 0.3 is 6.03 Å². The van der Waals surface area contributed by atoms with Crippen LogP contribution in [-0.4, -0.2) is 65.6 Å². The molecule has 31 heavy (non-hydrogen) atoms. The number of aromatic nitrogens is 1. The van der Waals surface area contributed by atoms with Crippen LogP contribution in [0.4, 0.5) is 10.5 Å². The van der Waals surface area contributed by atoms with Crippen molar-refractivity contribution in [1.29, 1.82) is 0 Å². The minimum absolute atomic E-state index is 0.0675. The average Bonchev–Trinajstić information content (AvgIpc) is 3.46. The van der Waals surface area contributed by atoms with Crippen LogP contribution < -0.4 is 5.32 Å². The van der Waals surface area contributed by atoms with E-state index in [4.69, 9.17) is 4.74 Å². The molecule has 7 heteroatoms. The van der Waals surface area contributed by atoms with Crippen LogP contribution in [0.3, 0.4) is 0 Å². The molecule has 162 valence electrons. The summed E-state index contributed by atoms with van der Waals surface area (Å²) >= 11 is 0. The van der Waals surface area contributed by atoms with Gasteiger partial charge in [0.15, 0.2) is 0 Å². The van der Waals surface area contributed by atoms with Crippen molar-refractivity contribution in [1.82, 2.24) is 14.8 Å². The van der Waals surface area contributed by atoms with Crippen LogP contribution in [0.2, 0.25) is 0 Å². The minimum atomic E-state index is -0.240. The molecule has 7 nitrogen and oxygen atoms in total. The summed E-state index contributed by atoms with van der Waals surface area (Å²) < 4.78 is 5.55. The van der Waals surface area contributed by atoms with Crippen LogP contribution in [-0.2, 0) is 9.53 Å². The van der Waals surface area contributed by atoms with Crippen LogP contribution in [0.25, 0.3) is 0 Å². The van der Waals surface area contributed by atoms with Gasteiger partial charge in [0.2, 0.25) is 0 Å². The zero-order chi connectivity index (χ0) is 21.2. The SMILES string of the molecule is O=C(Nc1ccc(C2CCN(C(=O)[C@@H]3CCCO3)C2)cc1)N1CC(c2cccnc2)C1. The molecule has 2 atom stereocenters. The molecule has 2 aromatic rings. The van der Waals surface area contributed by atoms with Gasteiger partial charge in [0.1, 0.15) is 6.10 Å². The molecule has 1 aromatic heterocycles. The monoisotopic (exact) mass is 420 g/mol. The van der Waals surface area contributed by atoms with Gasteiger partial charge in [0.05, 0.1) is 0 Å². The highest BCUT2D eigenvalue weighted by Gasteiger charge is 2.34. The van der Waals surface area contributed by atoms with E-state index in [0.717, 1.165) is 38.0 Å². The molecule has 3 aliphatic rings. The highest BCUT2D eigenvalue weighted by atomic mass is 16.5. The van der Waals surface area contributed by atoms with Gasteiger partial charge in [-0.3, -0.25) is 9.78 Å². The summed E-state index contributed by atoms with van der Waals surface area (Å²) in [5.41, 5.74) is 3.18. The number of anilines is 1. The maximum Gasteiger partial charge on any atom is 0.321 e. The quantitative estimate of drug-likeness (QED) is 0.824. The molecule has 4 heterocycles. The van der Waals surface area contributed by atoms with Crippen LogP contribution in [0, 0.1) is 0 Å². The van der Waals surface area contributed by atoms with Gasteiger partial charge in [0.25, 0.3) is 5.91 Å². The van der Waals surface area contributed by atoms with Crippen molar-refractivity contribution >= 4 is 17.6 Å². The number of hydrogen-bond donors (Lipinski definition) is 1. The highest BCUT2D eigenvalue weighted by Crippen LogP contribution is 2.30. The van der Waals surface area contributed by atoms with Gasteiger partial charge in [0, 0.05) is 62.7 Å². The molecular weight excluding hydrogens is 392 g/mol. The number of benzene rings is 1. The van der Waals surface area contributed by atoms with Crippen molar-refractivity contribution in [2.75, 3.05) is 38.1 Å². The van der Waals surface area contributed by atoms with Crippen molar-refractivity contribution in [3.05, 3.63) is 59.9 Å². The second-order valence-electron chi connectivity index (χ2n) is 8.71. The van der Waals surface area contributed by atoms with E-state index in [9.17, 15) is 9.59 Å². The first kappa shape index (κ1) is 20.0. The molecule has 0 aliphatic carbocycles. The van der Waals surface area contributed by atoms with E-state index in [2.05, 4.69) is 28.5 Å². The maximum atomic E-state index is 12.6. The first-order chi connectivity index (χ1) is 15.2. The molecule has 1 unspecified atom stereocenters. The molecule has 0 bridgehead atoms. The van der Waals surface area contributed by atoms with E-state index in [1.807, 2.05) is 34.2 Å². The topological polar surface area (TPSA) is 74.8 Å². The van der Waals surface area contributed by atoms with Gasteiger partial charge < -0.3 is 19.9 Å². The van der Waals surface area contributed by atoms with Crippen LogP contribution in [0.5, 0.6) is 0 Å². The number of likely N-dealkylation sites (tertiary alicyclic amines) is 2. The van der Waals surface area contributed by atoms with Crippen molar-refractivity contribution in [2.45, 2.75) is 37.2 Å². The molecule has 1 aromatic carbocycles. The summed E-state index contributed by atoms with van der Waals surface area (Å²) in [5.74, 6) is 0.846. The largest absolute Gasteiger partial charge is 0.368 e. The molecule has 3 saturated heterocycles. The molecule has 1 N–H and O–H groups in total. The predicted octanol–water partition coefficient (Wildman–Crippen LogP) is 3.21. The summed E-state index contributed by atoms with van der Waals surface area (Å²) in [7, 11) is 0. The minimum Gasteiger partial charge on any atom is -0.368 e. The lowest BCUT2D eigenvalue weighted by atomic mass is 9.93. The lowest BCUT2D eigenvalue weighted by molar-refractivity contribution is -0.139. The highest BCUT2D eigenvalue weighted by molar-refractivity contribution is 5.90. The smallest absolute Gasteiger partial charge is 0.321 e. The third kappa shape index (κ3) is 4.28.